The Morgan fingerprint density at radius 1 is 1.29 bits per heavy atom. The average Bonchev–Trinajstić information content (AvgIpc) is 2.50. The second-order valence-electron chi connectivity index (χ2n) is 5.40. The van der Waals surface area contributed by atoms with Crippen molar-refractivity contribution < 1.29 is 14.7 Å². The smallest absolute Gasteiger partial charge is 0.326 e. The Balaban J connectivity index is 2.43. The molecule has 0 saturated carbocycles. The minimum absolute atomic E-state index is 0.257. The predicted molar refractivity (Wildman–Crippen MR) is 85.9 cm³/mol. The number of hydrogen-bond acceptors (Lipinski definition) is 4. The van der Waals surface area contributed by atoms with Gasteiger partial charge in [-0.15, -0.1) is 0 Å². The van der Waals surface area contributed by atoms with Gasteiger partial charge in [0.25, 0.3) is 0 Å². The summed E-state index contributed by atoms with van der Waals surface area (Å²) >= 11 is 1.58. The zero-order valence-corrected chi connectivity index (χ0v) is 14.0. The maximum absolute atomic E-state index is 12.1. The van der Waals surface area contributed by atoms with E-state index in [1.807, 2.05) is 6.26 Å². The van der Waals surface area contributed by atoms with Gasteiger partial charge in [0.2, 0.25) is 0 Å². The van der Waals surface area contributed by atoms with Crippen molar-refractivity contribution >= 4 is 23.8 Å². The van der Waals surface area contributed by atoms with E-state index >= 15 is 0 Å². The number of piperazine rings is 1. The molecule has 0 radical (unpaired) electrons. The molecule has 6 nitrogen and oxygen atoms in total. The Hall–Kier alpha value is -0.950. The molecule has 1 rings (SSSR count). The highest BCUT2D eigenvalue weighted by Gasteiger charge is 2.26. The van der Waals surface area contributed by atoms with E-state index in [1.54, 1.807) is 16.7 Å². The largest absolute Gasteiger partial charge is 0.480 e. The number of nitrogens with zero attached hydrogens (tertiary/aromatic N) is 2. The van der Waals surface area contributed by atoms with Crippen LogP contribution in [-0.2, 0) is 4.79 Å². The van der Waals surface area contributed by atoms with Gasteiger partial charge in [0.05, 0.1) is 0 Å². The Morgan fingerprint density at radius 2 is 1.90 bits per heavy atom. The number of carboxylic acids is 1. The van der Waals surface area contributed by atoms with Crippen LogP contribution in [0.1, 0.15) is 26.7 Å². The van der Waals surface area contributed by atoms with E-state index in [-0.39, 0.29) is 6.03 Å². The summed E-state index contributed by atoms with van der Waals surface area (Å²) in [5.74, 6) is -0.241. The number of hydrogen-bond donors (Lipinski definition) is 2. The highest BCUT2D eigenvalue weighted by molar-refractivity contribution is 7.98. The van der Waals surface area contributed by atoms with Gasteiger partial charge in [-0.2, -0.15) is 11.8 Å². The van der Waals surface area contributed by atoms with Crippen LogP contribution in [0, 0.1) is 0 Å². The van der Waals surface area contributed by atoms with Gasteiger partial charge in [-0.3, -0.25) is 4.90 Å². The first-order chi connectivity index (χ1) is 9.99. The van der Waals surface area contributed by atoms with Gasteiger partial charge in [-0.1, -0.05) is 6.92 Å². The minimum atomic E-state index is -0.962. The van der Waals surface area contributed by atoms with E-state index in [0.29, 0.717) is 25.6 Å². The summed E-state index contributed by atoms with van der Waals surface area (Å²) in [6.45, 7) is 7.37. The van der Waals surface area contributed by atoms with Crippen molar-refractivity contribution in [1.29, 1.82) is 0 Å². The fourth-order valence-corrected chi connectivity index (χ4v) is 2.83. The summed E-state index contributed by atoms with van der Waals surface area (Å²) in [6.07, 6.45) is 3.48. The van der Waals surface area contributed by atoms with Gasteiger partial charge in [-0.25, -0.2) is 9.59 Å². The lowest BCUT2D eigenvalue weighted by Crippen LogP contribution is -2.55. The van der Waals surface area contributed by atoms with Crippen molar-refractivity contribution in [2.45, 2.75) is 38.8 Å². The van der Waals surface area contributed by atoms with Gasteiger partial charge in [0.1, 0.15) is 6.04 Å². The molecule has 7 heteroatoms. The first kappa shape index (κ1) is 18.1. The molecule has 0 aromatic heterocycles. The molecular formula is C14H27N3O3S. The quantitative estimate of drug-likeness (QED) is 0.741. The number of aliphatic carboxylic acids is 1. The van der Waals surface area contributed by atoms with Gasteiger partial charge in [0, 0.05) is 32.2 Å². The SMILES string of the molecule is CCC(C)N1CCN(C(=O)NC(CCSC)C(=O)O)CC1. The van der Waals surface area contributed by atoms with Crippen molar-refractivity contribution in [3.63, 3.8) is 0 Å². The molecule has 1 aliphatic rings. The molecule has 1 heterocycles. The Labute approximate surface area is 131 Å². The van der Waals surface area contributed by atoms with Crippen molar-refractivity contribution in [2.75, 3.05) is 38.2 Å². The lowest BCUT2D eigenvalue weighted by molar-refractivity contribution is -0.139. The van der Waals surface area contributed by atoms with Crippen LogP contribution in [0.2, 0.25) is 0 Å². The van der Waals surface area contributed by atoms with Crippen LogP contribution in [0.25, 0.3) is 0 Å². The highest BCUT2D eigenvalue weighted by atomic mass is 32.2. The zero-order chi connectivity index (χ0) is 15.8. The van der Waals surface area contributed by atoms with Crippen LogP contribution in [0.3, 0.4) is 0 Å². The number of nitrogens with one attached hydrogen (secondary N) is 1. The van der Waals surface area contributed by atoms with E-state index < -0.39 is 12.0 Å². The van der Waals surface area contributed by atoms with E-state index in [9.17, 15) is 9.59 Å². The minimum Gasteiger partial charge on any atom is -0.480 e. The predicted octanol–water partition coefficient (Wildman–Crippen LogP) is 1.32. The number of carbonyl (C=O) groups is 2. The van der Waals surface area contributed by atoms with Gasteiger partial charge in [0.15, 0.2) is 0 Å². The molecule has 0 bridgehead atoms. The second kappa shape index (κ2) is 9.15. The first-order valence-electron chi connectivity index (χ1n) is 7.50. The van der Waals surface area contributed by atoms with E-state index in [0.717, 1.165) is 25.3 Å². The molecular weight excluding hydrogens is 290 g/mol. The Kier molecular flexibility index (Phi) is 7.88. The van der Waals surface area contributed by atoms with Crippen molar-refractivity contribution in [2.24, 2.45) is 0 Å². The third-order valence-corrected chi connectivity index (χ3v) is 4.67. The number of amides is 2. The number of urea groups is 1. The summed E-state index contributed by atoms with van der Waals surface area (Å²) in [4.78, 5) is 27.4. The van der Waals surface area contributed by atoms with E-state index in [2.05, 4.69) is 24.1 Å². The summed E-state index contributed by atoms with van der Waals surface area (Å²) in [5.41, 5.74) is 0. The lowest BCUT2D eigenvalue weighted by atomic mass is 10.2. The fourth-order valence-electron chi connectivity index (χ4n) is 2.36. The van der Waals surface area contributed by atoms with Crippen LogP contribution >= 0.6 is 11.8 Å². The molecule has 1 aliphatic heterocycles. The van der Waals surface area contributed by atoms with Crippen molar-refractivity contribution in [3.05, 3.63) is 0 Å². The second-order valence-corrected chi connectivity index (χ2v) is 6.39. The number of carboxylic acid groups (broad SMARTS) is 1. The first-order valence-corrected chi connectivity index (χ1v) is 8.90. The third-order valence-electron chi connectivity index (χ3n) is 4.02. The maximum atomic E-state index is 12.1. The Morgan fingerprint density at radius 3 is 2.38 bits per heavy atom. The van der Waals surface area contributed by atoms with Crippen LogP contribution in [0.4, 0.5) is 4.79 Å². The van der Waals surface area contributed by atoms with Crippen LogP contribution in [0.5, 0.6) is 0 Å². The lowest BCUT2D eigenvalue weighted by Gasteiger charge is -2.38. The number of thioether (sulfide) groups is 1. The Bertz CT molecular complexity index is 346. The topological polar surface area (TPSA) is 72.9 Å². The van der Waals surface area contributed by atoms with Crippen LogP contribution < -0.4 is 5.32 Å². The summed E-state index contributed by atoms with van der Waals surface area (Å²) < 4.78 is 0. The molecule has 1 saturated heterocycles. The summed E-state index contributed by atoms with van der Waals surface area (Å²) in [5, 5.41) is 11.8. The fraction of sp³-hybridized carbons (Fsp3) is 0.857. The van der Waals surface area contributed by atoms with Gasteiger partial charge >= 0.3 is 12.0 Å². The third kappa shape index (κ3) is 5.74. The average molecular weight is 317 g/mol. The molecule has 122 valence electrons. The molecule has 2 unspecified atom stereocenters. The highest BCUT2D eigenvalue weighted by Crippen LogP contribution is 2.09. The number of carbonyl (C=O) groups excluding carboxylic acids is 1. The molecule has 2 atom stereocenters. The molecule has 1 fully saturated rings. The molecule has 0 aromatic carbocycles. The molecule has 0 aliphatic carbocycles. The monoisotopic (exact) mass is 317 g/mol. The number of rotatable bonds is 7. The standard InChI is InChI=1S/C14H27N3O3S/c1-4-11(2)16-6-8-17(9-7-16)14(20)15-12(13(18)19)5-10-21-3/h11-12H,4-10H2,1-3H3,(H,15,20)(H,18,19). The molecule has 2 N–H and O–H groups in total. The zero-order valence-electron chi connectivity index (χ0n) is 13.2. The van der Waals surface area contributed by atoms with Crippen molar-refractivity contribution in [3.8, 4) is 0 Å². The van der Waals surface area contributed by atoms with Gasteiger partial charge in [-0.05, 0) is 31.8 Å². The maximum Gasteiger partial charge on any atom is 0.326 e. The molecule has 2 amide bonds. The summed E-state index contributed by atoms with van der Waals surface area (Å²) in [6, 6.07) is -0.520. The molecule has 0 aromatic rings. The normalized spacial score (nSPS) is 19.1. The van der Waals surface area contributed by atoms with E-state index in [4.69, 9.17) is 5.11 Å². The molecule has 0 spiro atoms. The molecule has 21 heavy (non-hydrogen) atoms. The van der Waals surface area contributed by atoms with Crippen LogP contribution in [-0.4, -0.2) is 77.2 Å². The summed E-state index contributed by atoms with van der Waals surface area (Å²) in [7, 11) is 0. The van der Waals surface area contributed by atoms with Gasteiger partial charge < -0.3 is 15.3 Å². The van der Waals surface area contributed by atoms with Crippen molar-refractivity contribution in [1.82, 2.24) is 15.1 Å². The van der Waals surface area contributed by atoms with E-state index in [1.165, 1.54) is 0 Å². The van der Waals surface area contributed by atoms with Crippen LogP contribution in [0.15, 0.2) is 0 Å².